The quantitative estimate of drug-likeness (QED) is 0.859. The molecule has 1 aromatic carbocycles. The molecule has 0 saturated carbocycles. The van der Waals surface area contributed by atoms with E-state index >= 15 is 0 Å². The minimum atomic E-state index is -1.30. The van der Waals surface area contributed by atoms with Crippen molar-refractivity contribution >= 4 is 22.6 Å². The first-order valence-corrected chi connectivity index (χ1v) is 8.79. The van der Waals surface area contributed by atoms with Crippen LogP contribution in [0.25, 0.3) is 10.9 Å². The van der Waals surface area contributed by atoms with Crippen LogP contribution in [0.1, 0.15) is 37.6 Å². The number of nitrogens with one attached hydrogen (secondary N) is 1. The molecule has 26 heavy (non-hydrogen) atoms. The normalized spacial score (nSPS) is 22.4. The van der Waals surface area contributed by atoms with Crippen LogP contribution in [0.15, 0.2) is 23.1 Å². The minimum absolute atomic E-state index is 0.101. The average molecular weight is 359 g/mol. The van der Waals surface area contributed by atoms with Gasteiger partial charge in [-0.05, 0) is 39.3 Å². The van der Waals surface area contributed by atoms with Crippen molar-refractivity contribution in [3.8, 4) is 0 Å². The standard InChI is InChI=1S/C19H22FN3O3/c1-19(2,3)23-9-13(18(25)26)17(24)12-5-14(20)16(6-15(12)23)22-8-10-4-11(22)7-21-10/h5-6,9-11,21H,4,7-8H2,1-3H3,(H,25,26)/t10-,11-/m1/s1. The van der Waals surface area contributed by atoms with Gasteiger partial charge in [0.1, 0.15) is 11.4 Å². The van der Waals surface area contributed by atoms with Crippen LogP contribution in [0.2, 0.25) is 0 Å². The molecule has 2 aromatic rings. The molecule has 138 valence electrons. The maximum absolute atomic E-state index is 14.9. The third-order valence-electron chi connectivity index (χ3n) is 5.39. The van der Waals surface area contributed by atoms with Crippen molar-refractivity contribution in [2.45, 2.75) is 44.8 Å². The molecule has 7 heteroatoms. The molecule has 0 amide bonds. The van der Waals surface area contributed by atoms with E-state index in [4.69, 9.17) is 0 Å². The van der Waals surface area contributed by atoms with E-state index in [1.165, 1.54) is 12.3 Å². The number of aromatic carboxylic acids is 1. The molecule has 0 aliphatic carbocycles. The Bertz CT molecular complexity index is 977. The molecule has 2 atom stereocenters. The Kier molecular flexibility index (Phi) is 3.63. The first-order valence-electron chi connectivity index (χ1n) is 8.79. The number of aromatic nitrogens is 1. The number of fused-ring (bicyclic) bond motifs is 3. The highest BCUT2D eigenvalue weighted by Crippen LogP contribution is 2.34. The Hall–Kier alpha value is -2.41. The van der Waals surface area contributed by atoms with E-state index in [0.717, 1.165) is 19.5 Å². The van der Waals surface area contributed by atoms with Gasteiger partial charge in [-0.25, -0.2) is 9.18 Å². The van der Waals surface area contributed by atoms with Crippen molar-refractivity contribution < 1.29 is 14.3 Å². The Balaban J connectivity index is 1.99. The number of hydrogen-bond donors (Lipinski definition) is 2. The second-order valence-corrected chi connectivity index (χ2v) is 8.19. The van der Waals surface area contributed by atoms with Crippen LogP contribution >= 0.6 is 0 Å². The number of carbonyl (C=O) groups is 1. The van der Waals surface area contributed by atoms with E-state index in [0.29, 0.717) is 17.2 Å². The number of nitrogens with zero attached hydrogens (tertiary/aromatic N) is 2. The molecule has 2 aliphatic heterocycles. The van der Waals surface area contributed by atoms with Crippen LogP contribution in [0.5, 0.6) is 0 Å². The molecular formula is C19H22FN3O3. The monoisotopic (exact) mass is 359 g/mol. The van der Waals surface area contributed by atoms with Gasteiger partial charge >= 0.3 is 5.97 Å². The third-order valence-corrected chi connectivity index (χ3v) is 5.39. The zero-order valence-corrected chi connectivity index (χ0v) is 15.0. The van der Waals surface area contributed by atoms with Gasteiger partial charge in [-0.15, -0.1) is 0 Å². The van der Waals surface area contributed by atoms with E-state index in [1.807, 2.05) is 20.8 Å². The fourth-order valence-corrected chi connectivity index (χ4v) is 4.12. The second kappa shape index (κ2) is 5.54. The molecule has 2 fully saturated rings. The number of carboxylic acids is 1. The lowest BCUT2D eigenvalue weighted by Gasteiger charge is -2.31. The van der Waals surface area contributed by atoms with Crippen LogP contribution in [-0.2, 0) is 5.54 Å². The van der Waals surface area contributed by atoms with Crippen molar-refractivity contribution in [1.82, 2.24) is 9.88 Å². The third kappa shape index (κ3) is 2.49. The zero-order chi connectivity index (χ0) is 18.8. The van der Waals surface area contributed by atoms with Crippen molar-refractivity contribution in [3.63, 3.8) is 0 Å². The summed E-state index contributed by atoms with van der Waals surface area (Å²) in [5.74, 6) is -1.78. The molecule has 0 radical (unpaired) electrons. The molecule has 6 nitrogen and oxygen atoms in total. The summed E-state index contributed by atoms with van der Waals surface area (Å²) in [6.07, 6.45) is 2.36. The van der Waals surface area contributed by atoms with Crippen molar-refractivity contribution in [1.29, 1.82) is 0 Å². The van der Waals surface area contributed by atoms with E-state index in [9.17, 15) is 19.1 Å². The number of piperazine rings is 1. The topological polar surface area (TPSA) is 74.6 Å². The van der Waals surface area contributed by atoms with Gasteiger partial charge in [0.05, 0.1) is 11.2 Å². The summed E-state index contributed by atoms with van der Waals surface area (Å²) in [5.41, 5.74) is -0.421. The lowest BCUT2D eigenvalue weighted by atomic mass is 10.0. The van der Waals surface area contributed by atoms with Crippen LogP contribution in [-0.4, -0.2) is 40.8 Å². The lowest BCUT2D eigenvalue weighted by molar-refractivity contribution is 0.0694. The number of halogens is 1. The number of pyridine rings is 1. The minimum Gasteiger partial charge on any atom is -0.477 e. The highest BCUT2D eigenvalue weighted by atomic mass is 19.1. The number of carboxylic acid groups (broad SMARTS) is 1. The smallest absolute Gasteiger partial charge is 0.341 e. The van der Waals surface area contributed by atoms with Gasteiger partial charge < -0.3 is 19.9 Å². The van der Waals surface area contributed by atoms with E-state index < -0.39 is 22.8 Å². The summed E-state index contributed by atoms with van der Waals surface area (Å²) >= 11 is 0. The molecule has 2 N–H and O–H groups in total. The van der Waals surface area contributed by atoms with Crippen LogP contribution < -0.4 is 15.6 Å². The summed E-state index contributed by atoms with van der Waals surface area (Å²) in [6, 6.07) is 3.51. The first kappa shape index (κ1) is 17.0. The van der Waals surface area contributed by atoms with Crippen molar-refractivity contribution in [2.24, 2.45) is 0 Å². The van der Waals surface area contributed by atoms with Gasteiger partial charge in [0.2, 0.25) is 5.43 Å². The van der Waals surface area contributed by atoms with Gasteiger partial charge in [0, 0.05) is 42.3 Å². The van der Waals surface area contributed by atoms with Crippen molar-refractivity contribution in [3.05, 3.63) is 39.9 Å². The fourth-order valence-electron chi connectivity index (χ4n) is 4.12. The molecule has 2 bridgehead atoms. The van der Waals surface area contributed by atoms with Crippen LogP contribution in [0, 0.1) is 5.82 Å². The van der Waals surface area contributed by atoms with Gasteiger partial charge in [-0.1, -0.05) is 0 Å². The van der Waals surface area contributed by atoms with Gasteiger partial charge in [-0.2, -0.15) is 0 Å². The second-order valence-electron chi connectivity index (χ2n) is 8.19. The lowest BCUT2D eigenvalue weighted by Crippen LogP contribution is -2.44. The van der Waals surface area contributed by atoms with Crippen molar-refractivity contribution in [2.75, 3.05) is 18.0 Å². The summed E-state index contributed by atoms with van der Waals surface area (Å²) in [4.78, 5) is 26.1. The van der Waals surface area contributed by atoms with Gasteiger partial charge in [-0.3, -0.25) is 4.79 Å². The molecule has 4 rings (SSSR count). The maximum atomic E-state index is 14.9. The Morgan fingerprint density at radius 1 is 1.35 bits per heavy atom. The number of anilines is 1. The number of rotatable bonds is 2. The molecule has 2 saturated heterocycles. The van der Waals surface area contributed by atoms with Crippen LogP contribution in [0.4, 0.5) is 10.1 Å². The number of benzene rings is 1. The Labute approximate surface area is 150 Å². The molecule has 2 aliphatic rings. The molecule has 0 unspecified atom stereocenters. The summed E-state index contributed by atoms with van der Waals surface area (Å²) < 4.78 is 16.6. The predicted octanol–water partition coefficient (Wildman–Crippen LogP) is 2.14. The first-order chi connectivity index (χ1) is 12.2. The number of hydrogen-bond acceptors (Lipinski definition) is 4. The molecular weight excluding hydrogens is 337 g/mol. The maximum Gasteiger partial charge on any atom is 0.341 e. The van der Waals surface area contributed by atoms with Gasteiger partial charge in [0.15, 0.2) is 0 Å². The molecule has 0 spiro atoms. The molecule has 1 aromatic heterocycles. The fraction of sp³-hybridized carbons (Fsp3) is 0.474. The Morgan fingerprint density at radius 3 is 2.62 bits per heavy atom. The van der Waals surface area contributed by atoms with Crippen LogP contribution in [0.3, 0.4) is 0 Å². The van der Waals surface area contributed by atoms with Gasteiger partial charge in [0.25, 0.3) is 0 Å². The van der Waals surface area contributed by atoms with E-state index in [1.54, 1.807) is 10.6 Å². The predicted molar refractivity (Wildman–Crippen MR) is 97.7 cm³/mol. The van der Waals surface area contributed by atoms with E-state index in [2.05, 4.69) is 10.2 Å². The summed E-state index contributed by atoms with van der Waals surface area (Å²) in [6.45, 7) is 7.33. The largest absolute Gasteiger partial charge is 0.477 e. The molecule has 3 heterocycles. The highest BCUT2D eigenvalue weighted by molar-refractivity contribution is 5.93. The highest BCUT2D eigenvalue weighted by Gasteiger charge is 2.39. The SMILES string of the molecule is CC(C)(C)n1cc(C(=O)O)c(=O)c2cc(F)c(N3C[C@H]4C[C@@H]3CN4)cc21. The Morgan fingerprint density at radius 2 is 2.08 bits per heavy atom. The summed E-state index contributed by atoms with van der Waals surface area (Å²) in [5, 5.41) is 12.9. The average Bonchev–Trinajstić information content (AvgIpc) is 3.16. The van der Waals surface area contributed by atoms with E-state index in [-0.39, 0.29) is 17.0 Å². The zero-order valence-electron chi connectivity index (χ0n) is 15.0. The summed E-state index contributed by atoms with van der Waals surface area (Å²) in [7, 11) is 0.